The minimum atomic E-state index is 0.0461. The van der Waals surface area contributed by atoms with Crippen molar-refractivity contribution in [3.63, 3.8) is 0 Å². The van der Waals surface area contributed by atoms with Crippen molar-refractivity contribution in [2.24, 2.45) is 5.92 Å². The molecule has 2 aromatic carbocycles. The van der Waals surface area contributed by atoms with Crippen LogP contribution in [0.3, 0.4) is 0 Å². The zero-order chi connectivity index (χ0) is 23.9. The first kappa shape index (κ1) is 23.5. The molecule has 2 aliphatic rings. The first-order chi connectivity index (χ1) is 17.2. The van der Waals surface area contributed by atoms with Gasteiger partial charge in [-0.3, -0.25) is 14.6 Å². The van der Waals surface area contributed by atoms with E-state index in [4.69, 9.17) is 4.52 Å². The van der Waals surface area contributed by atoms with Gasteiger partial charge in [-0.2, -0.15) is 4.98 Å². The number of nitrogens with zero attached hydrogens (tertiary/aromatic N) is 5. The zero-order valence-corrected chi connectivity index (χ0v) is 20.1. The molecule has 2 saturated heterocycles. The second kappa shape index (κ2) is 11.4. The van der Waals surface area contributed by atoms with E-state index in [-0.39, 0.29) is 5.92 Å². The molecule has 0 saturated carbocycles. The Hall–Kier alpha value is -3.29. The lowest BCUT2D eigenvalue weighted by Crippen LogP contribution is -2.52. The normalized spacial score (nSPS) is 19.9. The summed E-state index contributed by atoms with van der Waals surface area (Å²) < 4.78 is 5.50. The summed E-state index contributed by atoms with van der Waals surface area (Å²) in [6.07, 6.45) is 6.35. The van der Waals surface area contributed by atoms with Crippen molar-refractivity contribution in [2.75, 3.05) is 45.8 Å². The SMILES string of the molecule is O=C(C1CCCN(Cc2nc(-c3ccccc3)no2)C1)N1CCN(C/C=C/c2ccccc2)CC1. The van der Waals surface area contributed by atoms with E-state index >= 15 is 0 Å². The van der Waals surface area contributed by atoms with Crippen LogP contribution in [0.1, 0.15) is 24.3 Å². The fraction of sp³-hybridized carbons (Fsp3) is 0.393. The Bertz CT molecular complexity index is 1110. The second-order valence-electron chi connectivity index (χ2n) is 9.39. The molecule has 0 N–H and O–H groups in total. The first-order valence-electron chi connectivity index (χ1n) is 12.6. The first-order valence-corrected chi connectivity index (χ1v) is 12.6. The molecule has 1 atom stereocenters. The van der Waals surface area contributed by atoms with Crippen LogP contribution in [0.5, 0.6) is 0 Å². The standard InChI is InChI=1S/C28H33N5O2/c34-28(33-19-17-31(18-20-33)15-7-11-23-9-3-1-4-10-23)25-14-8-16-32(21-25)22-26-29-27(30-35-26)24-12-5-2-6-13-24/h1-7,9-13,25H,8,14-22H2/b11-7+. The van der Waals surface area contributed by atoms with Gasteiger partial charge in [-0.25, -0.2) is 0 Å². The van der Waals surface area contributed by atoms with Gasteiger partial charge in [0.25, 0.3) is 0 Å². The van der Waals surface area contributed by atoms with Crippen molar-refractivity contribution < 1.29 is 9.32 Å². The third-order valence-corrected chi connectivity index (χ3v) is 6.87. The van der Waals surface area contributed by atoms with Crippen LogP contribution in [-0.4, -0.2) is 76.6 Å². The smallest absolute Gasteiger partial charge is 0.241 e. The van der Waals surface area contributed by atoms with E-state index < -0.39 is 0 Å². The molecule has 7 heteroatoms. The maximum Gasteiger partial charge on any atom is 0.241 e. The van der Waals surface area contributed by atoms with Gasteiger partial charge in [0, 0.05) is 44.8 Å². The maximum absolute atomic E-state index is 13.3. The molecule has 7 nitrogen and oxygen atoms in total. The largest absolute Gasteiger partial charge is 0.340 e. The molecule has 0 bridgehead atoms. The van der Waals surface area contributed by atoms with Crippen LogP contribution < -0.4 is 0 Å². The summed E-state index contributed by atoms with van der Waals surface area (Å²) in [6.45, 7) is 6.67. The van der Waals surface area contributed by atoms with E-state index in [1.54, 1.807) is 0 Å². The molecule has 2 aliphatic heterocycles. The molecule has 1 amide bonds. The van der Waals surface area contributed by atoms with Gasteiger partial charge in [0.2, 0.25) is 17.6 Å². The monoisotopic (exact) mass is 471 g/mol. The molecule has 3 aromatic rings. The summed E-state index contributed by atoms with van der Waals surface area (Å²) in [5.41, 5.74) is 2.17. The van der Waals surface area contributed by atoms with Crippen LogP contribution in [0.15, 0.2) is 71.3 Å². The highest BCUT2D eigenvalue weighted by Crippen LogP contribution is 2.22. The van der Waals surface area contributed by atoms with E-state index in [2.05, 4.69) is 61.3 Å². The molecular weight excluding hydrogens is 438 g/mol. The number of benzene rings is 2. The average Bonchev–Trinajstić information content (AvgIpc) is 3.38. The van der Waals surface area contributed by atoms with Crippen molar-refractivity contribution in [1.29, 1.82) is 0 Å². The number of hydrogen-bond acceptors (Lipinski definition) is 6. The highest BCUT2D eigenvalue weighted by molar-refractivity contribution is 5.79. The van der Waals surface area contributed by atoms with Crippen molar-refractivity contribution in [1.82, 2.24) is 24.8 Å². The molecule has 0 radical (unpaired) electrons. The predicted octanol–water partition coefficient (Wildman–Crippen LogP) is 3.81. The molecular formula is C28H33N5O2. The van der Waals surface area contributed by atoms with E-state index in [1.807, 2.05) is 36.4 Å². The van der Waals surface area contributed by atoms with E-state index in [0.717, 1.165) is 64.2 Å². The van der Waals surface area contributed by atoms with Crippen LogP contribution in [-0.2, 0) is 11.3 Å². The number of amides is 1. The number of carbonyl (C=O) groups is 1. The van der Waals surface area contributed by atoms with E-state index in [9.17, 15) is 4.79 Å². The fourth-order valence-electron chi connectivity index (χ4n) is 4.93. The summed E-state index contributed by atoms with van der Waals surface area (Å²) in [5, 5.41) is 4.13. The van der Waals surface area contributed by atoms with Crippen molar-refractivity contribution >= 4 is 12.0 Å². The molecule has 35 heavy (non-hydrogen) atoms. The molecule has 3 heterocycles. The minimum Gasteiger partial charge on any atom is -0.340 e. The number of piperazine rings is 1. The van der Waals surface area contributed by atoms with Gasteiger partial charge in [-0.05, 0) is 24.9 Å². The molecule has 2 fully saturated rings. The third-order valence-electron chi connectivity index (χ3n) is 6.87. The maximum atomic E-state index is 13.3. The van der Waals surface area contributed by atoms with Gasteiger partial charge >= 0.3 is 0 Å². The Morgan fingerprint density at radius 2 is 1.69 bits per heavy atom. The topological polar surface area (TPSA) is 65.7 Å². The zero-order valence-electron chi connectivity index (χ0n) is 20.1. The van der Waals surface area contributed by atoms with E-state index in [0.29, 0.717) is 24.2 Å². The highest BCUT2D eigenvalue weighted by Gasteiger charge is 2.31. The Morgan fingerprint density at radius 1 is 0.943 bits per heavy atom. The number of piperidine rings is 1. The fourth-order valence-corrected chi connectivity index (χ4v) is 4.93. The Kier molecular flexibility index (Phi) is 7.66. The van der Waals surface area contributed by atoms with E-state index in [1.165, 1.54) is 5.56 Å². The van der Waals surface area contributed by atoms with Gasteiger partial charge in [0.15, 0.2) is 0 Å². The second-order valence-corrected chi connectivity index (χ2v) is 9.39. The van der Waals surface area contributed by atoms with Crippen molar-refractivity contribution in [2.45, 2.75) is 19.4 Å². The number of rotatable bonds is 7. The summed E-state index contributed by atoms with van der Waals surface area (Å²) in [7, 11) is 0. The molecule has 1 unspecified atom stereocenters. The van der Waals surface area contributed by atoms with Gasteiger partial charge < -0.3 is 9.42 Å². The molecule has 182 valence electrons. The summed E-state index contributed by atoms with van der Waals surface area (Å²) in [5.74, 6) is 1.56. The lowest BCUT2D eigenvalue weighted by atomic mass is 9.96. The molecule has 0 aliphatic carbocycles. The van der Waals surface area contributed by atoms with Crippen molar-refractivity contribution in [3.8, 4) is 11.4 Å². The Balaban J connectivity index is 1.08. The summed E-state index contributed by atoms with van der Waals surface area (Å²) in [6, 6.07) is 20.2. The molecule has 0 spiro atoms. The lowest BCUT2D eigenvalue weighted by molar-refractivity contribution is -0.139. The number of likely N-dealkylation sites (tertiary alicyclic amines) is 1. The summed E-state index contributed by atoms with van der Waals surface area (Å²) in [4.78, 5) is 24.6. The Labute approximate surface area is 207 Å². The van der Waals surface area contributed by atoms with Gasteiger partial charge in [0.05, 0.1) is 12.5 Å². The average molecular weight is 472 g/mol. The predicted molar refractivity (Wildman–Crippen MR) is 136 cm³/mol. The number of hydrogen-bond donors (Lipinski definition) is 0. The number of aromatic nitrogens is 2. The van der Waals surface area contributed by atoms with Gasteiger partial charge in [0.1, 0.15) is 0 Å². The lowest BCUT2D eigenvalue weighted by Gasteiger charge is -2.38. The quantitative estimate of drug-likeness (QED) is 0.522. The highest BCUT2D eigenvalue weighted by atomic mass is 16.5. The van der Waals surface area contributed by atoms with Gasteiger partial charge in [-0.15, -0.1) is 0 Å². The van der Waals surface area contributed by atoms with Crippen LogP contribution in [0.25, 0.3) is 17.5 Å². The molecule has 5 rings (SSSR count). The van der Waals surface area contributed by atoms with Crippen LogP contribution in [0.2, 0.25) is 0 Å². The van der Waals surface area contributed by atoms with Crippen LogP contribution in [0, 0.1) is 5.92 Å². The number of carbonyl (C=O) groups excluding carboxylic acids is 1. The van der Waals surface area contributed by atoms with Crippen LogP contribution >= 0.6 is 0 Å². The summed E-state index contributed by atoms with van der Waals surface area (Å²) >= 11 is 0. The third kappa shape index (κ3) is 6.24. The Morgan fingerprint density at radius 3 is 2.46 bits per heavy atom. The molecule has 1 aromatic heterocycles. The van der Waals surface area contributed by atoms with Gasteiger partial charge in [-0.1, -0.05) is 78.0 Å². The van der Waals surface area contributed by atoms with Crippen molar-refractivity contribution in [3.05, 3.63) is 78.2 Å². The van der Waals surface area contributed by atoms with Crippen LogP contribution in [0.4, 0.5) is 0 Å². The minimum absolute atomic E-state index is 0.0461.